The van der Waals surface area contributed by atoms with Crippen molar-refractivity contribution < 1.29 is 4.74 Å². The van der Waals surface area contributed by atoms with Gasteiger partial charge in [-0.3, -0.25) is 0 Å². The molecule has 1 nitrogen and oxygen atoms in total. The molecule has 1 rings (SSSR count). The molecule has 0 saturated carbocycles. The molecule has 2 heteroatoms. The van der Waals surface area contributed by atoms with Gasteiger partial charge in [-0.05, 0) is 43.4 Å². The van der Waals surface area contributed by atoms with Crippen LogP contribution in [0, 0.1) is 5.92 Å². The van der Waals surface area contributed by atoms with Gasteiger partial charge in [-0.1, -0.05) is 19.1 Å². The maximum atomic E-state index is 6.02. The predicted molar refractivity (Wildman–Crippen MR) is 65.8 cm³/mol. The average Bonchev–Trinajstić information content (AvgIpc) is 2.26. The van der Waals surface area contributed by atoms with Gasteiger partial charge in [0.25, 0.3) is 0 Å². The number of rotatable bonds is 5. The minimum atomic E-state index is 0.253. The highest BCUT2D eigenvalue weighted by Gasteiger charge is 2.08. The van der Waals surface area contributed by atoms with E-state index >= 15 is 0 Å². The molecule has 2 unspecified atom stereocenters. The minimum absolute atomic E-state index is 0.253. The van der Waals surface area contributed by atoms with Crippen LogP contribution in [0.3, 0.4) is 0 Å². The summed E-state index contributed by atoms with van der Waals surface area (Å²) in [7, 11) is 1.69. The molecule has 0 aliphatic rings. The summed E-state index contributed by atoms with van der Waals surface area (Å²) in [6, 6.07) is 8.24. The van der Waals surface area contributed by atoms with Gasteiger partial charge in [0, 0.05) is 5.38 Å². The van der Waals surface area contributed by atoms with Gasteiger partial charge in [-0.15, -0.1) is 11.6 Å². The Morgan fingerprint density at radius 3 is 2.27 bits per heavy atom. The minimum Gasteiger partial charge on any atom is -0.497 e. The van der Waals surface area contributed by atoms with Gasteiger partial charge in [-0.2, -0.15) is 0 Å². The summed E-state index contributed by atoms with van der Waals surface area (Å²) >= 11 is 6.02. The Hall–Kier alpha value is -0.690. The van der Waals surface area contributed by atoms with Crippen molar-refractivity contribution in [2.75, 3.05) is 7.11 Å². The Balaban J connectivity index is 2.44. The lowest BCUT2D eigenvalue weighted by Crippen LogP contribution is -2.07. The first-order valence-corrected chi connectivity index (χ1v) is 5.84. The van der Waals surface area contributed by atoms with E-state index in [4.69, 9.17) is 16.3 Å². The molecule has 15 heavy (non-hydrogen) atoms. The van der Waals surface area contributed by atoms with Crippen LogP contribution in [0.1, 0.15) is 25.8 Å². The molecule has 0 spiro atoms. The van der Waals surface area contributed by atoms with Gasteiger partial charge >= 0.3 is 0 Å². The van der Waals surface area contributed by atoms with Crippen LogP contribution in [0.2, 0.25) is 0 Å². The maximum absolute atomic E-state index is 6.02. The van der Waals surface area contributed by atoms with E-state index in [-0.39, 0.29) is 5.38 Å². The van der Waals surface area contributed by atoms with E-state index in [0.717, 1.165) is 18.6 Å². The Bertz CT molecular complexity index is 279. The van der Waals surface area contributed by atoms with Gasteiger partial charge in [0.2, 0.25) is 0 Å². The van der Waals surface area contributed by atoms with Gasteiger partial charge in [0.1, 0.15) is 5.75 Å². The molecule has 0 N–H and O–H groups in total. The van der Waals surface area contributed by atoms with E-state index in [1.165, 1.54) is 5.56 Å². The number of alkyl halides is 1. The lowest BCUT2D eigenvalue weighted by molar-refractivity contribution is 0.414. The SMILES string of the molecule is COc1ccc(CCC(C)C(C)Cl)cc1. The Kier molecular flexibility index (Phi) is 4.97. The first kappa shape index (κ1) is 12.4. The number of benzene rings is 1. The highest BCUT2D eigenvalue weighted by Crippen LogP contribution is 2.18. The number of halogens is 1. The highest BCUT2D eigenvalue weighted by molar-refractivity contribution is 6.20. The molecule has 0 aliphatic carbocycles. The summed E-state index contributed by atoms with van der Waals surface area (Å²) in [5.41, 5.74) is 1.35. The van der Waals surface area contributed by atoms with Crippen LogP contribution in [0.15, 0.2) is 24.3 Å². The molecule has 1 aromatic carbocycles. The number of hydrogen-bond acceptors (Lipinski definition) is 1. The average molecular weight is 227 g/mol. The van der Waals surface area contributed by atoms with Crippen LogP contribution in [0.5, 0.6) is 5.75 Å². The fourth-order valence-electron chi connectivity index (χ4n) is 1.42. The normalized spacial score (nSPS) is 14.7. The van der Waals surface area contributed by atoms with Crippen molar-refractivity contribution in [2.24, 2.45) is 5.92 Å². The standard InChI is InChI=1S/C13H19ClO/c1-10(11(2)14)4-5-12-6-8-13(15-3)9-7-12/h6-11H,4-5H2,1-3H3. The van der Waals surface area contributed by atoms with Crippen molar-refractivity contribution in [3.05, 3.63) is 29.8 Å². The number of hydrogen-bond donors (Lipinski definition) is 0. The predicted octanol–water partition coefficient (Wildman–Crippen LogP) is 3.89. The number of aryl methyl sites for hydroxylation is 1. The molecule has 84 valence electrons. The summed E-state index contributed by atoms with van der Waals surface area (Å²) in [6.45, 7) is 4.25. The molecule has 0 aromatic heterocycles. The fourth-order valence-corrected chi connectivity index (χ4v) is 1.54. The van der Waals surface area contributed by atoms with Gasteiger partial charge in [0.15, 0.2) is 0 Å². The van der Waals surface area contributed by atoms with Crippen LogP contribution >= 0.6 is 11.6 Å². The maximum Gasteiger partial charge on any atom is 0.118 e. The first-order valence-electron chi connectivity index (χ1n) is 5.40. The van der Waals surface area contributed by atoms with E-state index in [1.807, 2.05) is 12.1 Å². The molecule has 0 amide bonds. The van der Waals surface area contributed by atoms with Crippen LogP contribution < -0.4 is 4.74 Å². The smallest absolute Gasteiger partial charge is 0.118 e. The molecule has 0 fully saturated rings. The van der Waals surface area contributed by atoms with E-state index in [2.05, 4.69) is 26.0 Å². The lowest BCUT2D eigenvalue weighted by Gasteiger charge is -2.13. The third-order valence-corrected chi connectivity index (χ3v) is 3.26. The van der Waals surface area contributed by atoms with E-state index < -0.39 is 0 Å². The second kappa shape index (κ2) is 6.02. The van der Waals surface area contributed by atoms with Crippen molar-refractivity contribution in [2.45, 2.75) is 32.1 Å². The highest BCUT2D eigenvalue weighted by atomic mass is 35.5. The van der Waals surface area contributed by atoms with E-state index in [1.54, 1.807) is 7.11 Å². The van der Waals surface area contributed by atoms with Crippen LogP contribution in [-0.4, -0.2) is 12.5 Å². The van der Waals surface area contributed by atoms with Crippen molar-refractivity contribution in [1.82, 2.24) is 0 Å². The van der Waals surface area contributed by atoms with Crippen LogP contribution in [0.4, 0.5) is 0 Å². The second-order valence-corrected chi connectivity index (χ2v) is 4.73. The van der Waals surface area contributed by atoms with E-state index in [9.17, 15) is 0 Å². The summed E-state index contributed by atoms with van der Waals surface area (Å²) in [5, 5.41) is 0.253. The molecule has 0 radical (unpaired) electrons. The Morgan fingerprint density at radius 1 is 1.20 bits per heavy atom. The Labute approximate surface area is 97.4 Å². The molecule has 0 aliphatic heterocycles. The molecule has 0 saturated heterocycles. The summed E-state index contributed by atoms with van der Waals surface area (Å²) < 4.78 is 5.11. The second-order valence-electron chi connectivity index (χ2n) is 4.04. The molecule has 0 heterocycles. The summed E-state index contributed by atoms with van der Waals surface area (Å²) in [4.78, 5) is 0. The molecule has 2 atom stereocenters. The zero-order valence-electron chi connectivity index (χ0n) is 9.66. The third-order valence-electron chi connectivity index (χ3n) is 2.83. The van der Waals surface area contributed by atoms with Gasteiger partial charge in [0.05, 0.1) is 7.11 Å². The Morgan fingerprint density at radius 2 is 1.80 bits per heavy atom. The molecular weight excluding hydrogens is 208 g/mol. The monoisotopic (exact) mass is 226 g/mol. The molecule has 0 bridgehead atoms. The van der Waals surface area contributed by atoms with Crippen molar-refractivity contribution in [3.8, 4) is 5.75 Å². The van der Waals surface area contributed by atoms with Crippen LogP contribution in [0.25, 0.3) is 0 Å². The van der Waals surface area contributed by atoms with Crippen molar-refractivity contribution >= 4 is 11.6 Å². The zero-order chi connectivity index (χ0) is 11.3. The topological polar surface area (TPSA) is 9.23 Å². The lowest BCUT2D eigenvalue weighted by atomic mass is 9.99. The largest absolute Gasteiger partial charge is 0.497 e. The van der Waals surface area contributed by atoms with Gasteiger partial charge < -0.3 is 4.74 Å². The van der Waals surface area contributed by atoms with Crippen molar-refractivity contribution in [3.63, 3.8) is 0 Å². The first-order chi connectivity index (χ1) is 7.13. The number of ether oxygens (including phenoxy) is 1. The summed E-state index contributed by atoms with van der Waals surface area (Å²) in [5.74, 6) is 1.48. The molecule has 1 aromatic rings. The van der Waals surface area contributed by atoms with Crippen LogP contribution in [-0.2, 0) is 6.42 Å². The number of methoxy groups -OCH3 is 1. The zero-order valence-corrected chi connectivity index (χ0v) is 10.4. The van der Waals surface area contributed by atoms with Gasteiger partial charge in [-0.25, -0.2) is 0 Å². The molecular formula is C13H19ClO. The third kappa shape index (κ3) is 4.13. The summed E-state index contributed by atoms with van der Waals surface area (Å²) in [6.07, 6.45) is 2.22. The van der Waals surface area contributed by atoms with Crippen molar-refractivity contribution in [1.29, 1.82) is 0 Å². The fraction of sp³-hybridized carbons (Fsp3) is 0.538. The van der Waals surface area contributed by atoms with E-state index in [0.29, 0.717) is 5.92 Å². The quantitative estimate of drug-likeness (QED) is 0.693.